The third kappa shape index (κ3) is 7.05. The molecule has 102 valence electrons. The Hall–Kier alpha value is -0.0800. The predicted molar refractivity (Wildman–Crippen MR) is 74.4 cm³/mol. The first-order chi connectivity index (χ1) is 8.36. The lowest BCUT2D eigenvalue weighted by Crippen LogP contribution is -2.28. The van der Waals surface area contributed by atoms with Crippen LogP contribution in [0.3, 0.4) is 0 Å². The second-order valence-corrected chi connectivity index (χ2v) is 5.40. The van der Waals surface area contributed by atoms with Gasteiger partial charge in [0.2, 0.25) is 0 Å². The molecule has 1 aliphatic rings. The zero-order chi connectivity index (χ0) is 12.3. The largest absolute Gasteiger partial charge is 0.378 e. The van der Waals surface area contributed by atoms with E-state index in [1.165, 1.54) is 64.2 Å². The second-order valence-electron chi connectivity index (χ2n) is 5.40. The van der Waals surface area contributed by atoms with Crippen molar-refractivity contribution in [1.29, 1.82) is 0 Å². The number of hydrogen-bond acceptors (Lipinski definition) is 2. The molecule has 0 aliphatic carbocycles. The minimum atomic E-state index is 0.551. The SMILES string of the molecule is CCCCCCC(CCC1CCCCO1)NC. The zero-order valence-electron chi connectivity index (χ0n) is 11.8. The molecule has 0 amide bonds. The summed E-state index contributed by atoms with van der Waals surface area (Å²) in [6, 6.07) is 0.706. The van der Waals surface area contributed by atoms with Crippen molar-refractivity contribution in [2.45, 2.75) is 83.3 Å². The fraction of sp³-hybridized carbons (Fsp3) is 1.00. The van der Waals surface area contributed by atoms with Crippen LogP contribution in [0, 0.1) is 0 Å². The Morgan fingerprint density at radius 3 is 2.71 bits per heavy atom. The smallest absolute Gasteiger partial charge is 0.0575 e. The molecule has 1 saturated heterocycles. The molecule has 0 saturated carbocycles. The van der Waals surface area contributed by atoms with E-state index in [0.717, 1.165) is 6.61 Å². The van der Waals surface area contributed by atoms with Gasteiger partial charge in [0.05, 0.1) is 6.10 Å². The molecule has 0 aromatic heterocycles. The highest BCUT2D eigenvalue weighted by Crippen LogP contribution is 2.19. The first-order valence-electron chi connectivity index (χ1n) is 7.65. The van der Waals surface area contributed by atoms with Gasteiger partial charge in [0.25, 0.3) is 0 Å². The molecule has 1 rings (SSSR count). The van der Waals surface area contributed by atoms with E-state index in [2.05, 4.69) is 19.3 Å². The number of nitrogens with one attached hydrogen (secondary N) is 1. The van der Waals surface area contributed by atoms with E-state index in [4.69, 9.17) is 4.74 Å². The molecule has 2 atom stereocenters. The van der Waals surface area contributed by atoms with Gasteiger partial charge in [-0.05, 0) is 45.6 Å². The third-order valence-corrected chi connectivity index (χ3v) is 3.93. The fourth-order valence-corrected chi connectivity index (χ4v) is 2.67. The Kier molecular flexibility index (Phi) is 8.72. The molecule has 0 bridgehead atoms. The van der Waals surface area contributed by atoms with Crippen LogP contribution in [0.25, 0.3) is 0 Å². The van der Waals surface area contributed by atoms with E-state index in [9.17, 15) is 0 Å². The number of hydrogen-bond donors (Lipinski definition) is 1. The van der Waals surface area contributed by atoms with Gasteiger partial charge in [-0.3, -0.25) is 0 Å². The number of unbranched alkanes of at least 4 members (excludes halogenated alkanes) is 3. The first kappa shape index (κ1) is 15.0. The highest BCUT2D eigenvalue weighted by molar-refractivity contribution is 4.70. The van der Waals surface area contributed by atoms with Crippen molar-refractivity contribution in [3.8, 4) is 0 Å². The highest BCUT2D eigenvalue weighted by Gasteiger charge is 2.15. The lowest BCUT2D eigenvalue weighted by molar-refractivity contribution is 0.00853. The van der Waals surface area contributed by atoms with Gasteiger partial charge in [0.1, 0.15) is 0 Å². The summed E-state index contributed by atoms with van der Waals surface area (Å²) >= 11 is 0. The van der Waals surface area contributed by atoms with Gasteiger partial charge >= 0.3 is 0 Å². The summed E-state index contributed by atoms with van der Waals surface area (Å²) in [7, 11) is 2.10. The average Bonchev–Trinajstić information content (AvgIpc) is 2.39. The molecule has 2 nitrogen and oxygen atoms in total. The van der Waals surface area contributed by atoms with Gasteiger partial charge in [-0.1, -0.05) is 32.6 Å². The Labute approximate surface area is 108 Å². The summed E-state index contributed by atoms with van der Waals surface area (Å²) in [5.74, 6) is 0. The summed E-state index contributed by atoms with van der Waals surface area (Å²) in [5.41, 5.74) is 0. The van der Waals surface area contributed by atoms with Crippen LogP contribution in [0.2, 0.25) is 0 Å². The van der Waals surface area contributed by atoms with Crippen molar-refractivity contribution >= 4 is 0 Å². The molecule has 2 heteroatoms. The van der Waals surface area contributed by atoms with Gasteiger partial charge in [0, 0.05) is 12.6 Å². The monoisotopic (exact) mass is 241 g/mol. The van der Waals surface area contributed by atoms with E-state index in [1.807, 2.05) is 0 Å². The van der Waals surface area contributed by atoms with E-state index in [1.54, 1.807) is 0 Å². The lowest BCUT2D eigenvalue weighted by Gasteiger charge is -2.24. The Balaban J connectivity index is 2.04. The van der Waals surface area contributed by atoms with Crippen LogP contribution in [0.4, 0.5) is 0 Å². The summed E-state index contributed by atoms with van der Waals surface area (Å²) in [6.07, 6.45) is 13.8. The van der Waals surface area contributed by atoms with Crippen LogP contribution in [0.1, 0.15) is 71.1 Å². The molecule has 0 aromatic carbocycles. The normalized spacial score (nSPS) is 22.6. The molecule has 0 radical (unpaired) electrons. The van der Waals surface area contributed by atoms with Crippen molar-refractivity contribution < 1.29 is 4.74 Å². The molecule has 1 N–H and O–H groups in total. The minimum absolute atomic E-state index is 0.551. The van der Waals surface area contributed by atoms with Crippen LogP contribution in [-0.4, -0.2) is 25.8 Å². The van der Waals surface area contributed by atoms with Crippen molar-refractivity contribution in [1.82, 2.24) is 5.32 Å². The predicted octanol–water partition coefficient (Wildman–Crippen LogP) is 3.89. The standard InChI is InChI=1S/C15H31NO/c1-3-4-5-6-9-14(16-2)11-12-15-10-7-8-13-17-15/h14-16H,3-13H2,1-2H3. The van der Waals surface area contributed by atoms with Gasteiger partial charge in [-0.25, -0.2) is 0 Å². The van der Waals surface area contributed by atoms with Gasteiger partial charge < -0.3 is 10.1 Å². The first-order valence-corrected chi connectivity index (χ1v) is 7.65. The average molecular weight is 241 g/mol. The third-order valence-electron chi connectivity index (χ3n) is 3.93. The summed E-state index contributed by atoms with van der Waals surface area (Å²) in [4.78, 5) is 0. The fourth-order valence-electron chi connectivity index (χ4n) is 2.67. The molecule has 2 unspecified atom stereocenters. The van der Waals surface area contributed by atoms with E-state index in [-0.39, 0.29) is 0 Å². The van der Waals surface area contributed by atoms with Crippen molar-refractivity contribution in [2.24, 2.45) is 0 Å². The Bertz CT molecular complexity index is 166. The van der Waals surface area contributed by atoms with Crippen molar-refractivity contribution in [3.05, 3.63) is 0 Å². The van der Waals surface area contributed by atoms with Crippen LogP contribution < -0.4 is 5.32 Å². The summed E-state index contributed by atoms with van der Waals surface area (Å²) in [5, 5.41) is 3.46. The minimum Gasteiger partial charge on any atom is -0.378 e. The van der Waals surface area contributed by atoms with Crippen LogP contribution in [0.5, 0.6) is 0 Å². The van der Waals surface area contributed by atoms with Gasteiger partial charge in [-0.15, -0.1) is 0 Å². The molecular formula is C15H31NO. The molecule has 0 aromatic rings. The summed E-state index contributed by atoms with van der Waals surface area (Å²) < 4.78 is 5.79. The maximum absolute atomic E-state index is 5.79. The van der Waals surface area contributed by atoms with Crippen LogP contribution in [0.15, 0.2) is 0 Å². The maximum atomic E-state index is 5.79. The van der Waals surface area contributed by atoms with Crippen LogP contribution >= 0.6 is 0 Å². The topological polar surface area (TPSA) is 21.3 Å². The second kappa shape index (κ2) is 9.90. The number of ether oxygens (including phenoxy) is 1. The molecule has 1 heterocycles. The lowest BCUT2D eigenvalue weighted by atomic mass is 9.98. The van der Waals surface area contributed by atoms with Crippen molar-refractivity contribution in [2.75, 3.05) is 13.7 Å². The van der Waals surface area contributed by atoms with E-state index < -0.39 is 0 Å². The van der Waals surface area contributed by atoms with E-state index >= 15 is 0 Å². The van der Waals surface area contributed by atoms with Gasteiger partial charge in [-0.2, -0.15) is 0 Å². The molecule has 1 fully saturated rings. The Morgan fingerprint density at radius 2 is 2.06 bits per heavy atom. The molecule has 1 aliphatic heterocycles. The quantitative estimate of drug-likeness (QED) is 0.618. The van der Waals surface area contributed by atoms with Crippen LogP contribution in [-0.2, 0) is 4.74 Å². The molecule has 17 heavy (non-hydrogen) atoms. The molecule has 0 spiro atoms. The van der Waals surface area contributed by atoms with Crippen molar-refractivity contribution in [3.63, 3.8) is 0 Å². The molecular weight excluding hydrogens is 210 g/mol. The Morgan fingerprint density at radius 1 is 1.18 bits per heavy atom. The number of rotatable bonds is 9. The highest BCUT2D eigenvalue weighted by atomic mass is 16.5. The van der Waals surface area contributed by atoms with E-state index in [0.29, 0.717) is 12.1 Å². The van der Waals surface area contributed by atoms with Gasteiger partial charge in [0.15, 0.2) is 0 Å². The maximum Gasteiger partial charge on any atom is 0.0575 e. The summed E-state index contributed by atoms with van der Waals surface area (Å²) in [6.45, 7) is 3.27. The zero-order valence-corrected chi connectivity index (χ0v) is 11.8.